The van der Waals surface area contributed by atoms with E-state index in [0.717, 1.165) is 11.1 Å². The Kier molecular flexibility index (Phi) is 5.10. The van der Waals surface area contributed by atoms with Crippen molar-refractivity contribution < 1.29 is 14.7 Å². The molecule has 0 aliphatic carbocycles. The summed E-state index contributed by atoms with van der Waals surface area (Å²) in [6.07, 6.45) is 0.538. The molecule has 1 amide bonds. The number of carbonyl (C=O) groups excluding carboxylic acids is 1. The molecule has 0 spiro atoms. The van der Waals surface area contributed by atoms with Crippen LogP contribution in [0.4, 0.5) is 0 Å². The van der Waals surface area contributed by atoms with Crippen LogP contribution >= 0.6 is 0 Å². The molecule has 1 atom stereocenters. The van der Waals surface area contributed by atoms with Crippen LogP contribution in [0.2, 0.25) is 0 Å². The summed E-state index contributed by atoms with van der Waals surface area (Å²) in [6, 6.07) is 19.1. The van der Waals surface area contributed by atoms with E-state index in [1.807, 2.05) is 60.7 Å². The lowest BCUT2D eigenvalue weighted by Gasteiger charge is -2.17. The lowest BCUT2D eigenvalue weighted by molar-refractivity contribution is -0.138. The van der Waals surface area contributed by atoms with Crippen molar-refractivity contribution in [1.82, 2.24) is 5.32 Å². The second-order valence-corrected chi connectivity index (χ2v) is 4.76. The summed E-state index contributed by atoms with van der Waals surface area (Å²) in [7, 11) is 0. The molecule has 4 heteroatoms. The highest BCUT2D eigenvalue weighted by Crippen LogP contribution is 2.21. The Labute approximate surface area is 123 Å². The van der Waals surface area contributed by atoms with Gasteiger partial charge in [-0.15, -0.1) is 0 Å². The highest BCUT2D eigenvalue weighted by molar-refractivity contribution is 5.86. The number of carboxylic acids is 1. The number of hydrogen-bond acceptors (Lipinski definition) is 2. The van der Waals surface area contributed by atoms with Gasteiger partial charge >= 0.3 is 5.97 Å². The maximum Gasteiger partial charge on any atom is 0.322 e. The van der Waals surface area contributed by atoms with Crippen molar-refractivity contribution in [1.29, 1.82) is 0 Å². The van der Waals surface area contributed by atoms with E-state index in [9.17, 15) is 9.59 Å². The van der Waals surface area contributed by atoms with Crippen LogP contribution < -0.4 is 5.32 Å². The normalized spacial score (nSPS) is 11.6. The standard InChI is InChI=1S/C17H17NO3/c19-16(20)12-18-17(21)15(14-9-5-2-6-10-14)11-13-7-3-1-4-8-13/h1-10,15H,11-12H2,(H,18,21)(H,19,20). The van der Waals surface area contributed by atoms with Gasteiger partial charge in [0.15, 0.2) is 0 Å². The molecule has 2 N–H and O–H groups in total. The van der Waals surface area contributed by atoms with Gasteiger partial charge in [-0.2, -0.15) is 0 Å². The number of hydrogen-bond donors (Lipinski definition) is 2. The molecule has 0 aliphatic rings. The first-order valence-corrected chi connectivity index (χ1v) is 6.75. The minimum atomic E-state index is -1.05. The Morgan fingerprint density at radius 2 is 1.52 bits per heavy atom. The van der Waals surface area contributed by atoms with Crippen molar-refractivity contribution in [3.05, 3.63) is 71.8 Å². The topological polar surface area (TPSA) is 66.4 Å². The molecule has 4 nitrogen and oxygen atoms in total. The van der Waals surface area contributed by atoms with E-state index in [2.05, 4.69) is 5.32 Å². The lowest BCUT2D eigenvalue weighted by Crippen LogP contribution is -2.34. The second kappa shape index (κ2) is 7.24. The number of carboxylic acid groups (broad SMARTS) is 1. The molecule has 0 saturated heterocycles. The molecule has 0 saturated carbocycles. The van der Waals surface area contributed by atoms with Gasteiger partial charge in [0.25, 0.3) is 0 Å². The van der Waals surface area contributed by atoms with Gasteiger partial charge in [-0.25, -0.2) is 0 Å². The van der Waals surface area contributed by atoms with Crippen LogP contribution in [0.1, 0.15) is 17.0 Å². The molecule has 0 aromatic heterocycles. The Morgan fingerprint density at radius 3 is 2.10 bits per heavy atom. The third-order valence-corrected chi connectivity index (χ3v) is 3.21. The third kappa shape index (κ3) is 4.45. The fourth-order valence-electron chi connectivity index (χ4n) is 2.18. The van der Waals surface area contributed by atoms with Crippen LogP contribution in [0, 0.1) is 0 Å². The van der Waals surface area contributed by atoms with Crippen LogP contribution in [-0.4, -0.2) is 23.5 Å². The number of aliphatic carboxylic acids is 1. The van der Waals surface area contributed by atoms with Crippen LogP contribution in [0.3, 0.4) is 0 Å². The Bertz CT molecular complexity index is 596. The average molecular weight is 283 g/mol. The van der Waals surface area contributed by atoms with Crippen LogP contribution in [0.25, 0.3) is 0 Å². The summed E-state index contributed by atoms with van der Waals surface area (Å²) in [5, 5.41) is 11.2. The molecule has 0 bridgehead atoms. The van der Waals surface area contributed by atoms with E-state index in [1.54, 1.807) is 0 Å². The summed E-state index contributed by atoms with van der Waals surface area (Å²) in [4.78, 5) is 22.9. The molecule has 2 aromatic rings. The van der Waals surface area contributed by atoms with E-state index in [4.69, 9.17) is 5.11 Å². The van der Waals surface area contributed by atoms with Gasteiger partial charge in [-0.1, -0.05) is 60.7 Å². The Hall–Kier alpha value is -2.62. The number of rotatable bonds is 6. The van der Waals surface area contributed by atoms with Crippen LogP contribution in [0.15, 0.2) is 60.7 Å². The van der Waals surface area contributed by atoms with Gasteiger partial charge in [-0.3, -0.25) is 9.59 Å². The Morgan fingerprint density at radius 1 is 0.952 bits per heavy atom. The van der Waals surface area contributed by atoms with E-state index in [1.165, 1.54) is 0 Å². The maximum absolute atomic E-state index is 12.3. The molecule has 0 fully saturated rings. The molecule has 2 rings (SSSR count). The third-order valence-electron chi connectivity index (χ3n) is 3.21. The van der Waals surface area contributed by atoms with Crippen LogP contribution in [-0.2, 0) is 16.0 Å². The number of nitrogens with one attached hydrogen (secondary N) is 1. The summed E-state index contributed by atoms with van der Waals surface area (Å²) in [5.74, 6) is -1.71. The zero-order chi connectivity index (χ0) is 15.1. The summed E-state index contributed by atoms with van der Waals surface area (Å²) < 4.78 is 0. The quantitative estimate of drug-likeness (QED) is 0.854. The molecule has 1 unspecified atom stereocenters. The zero-order valence-electron chi connectivity index (χ0n) is 11.5. The highest BCUT2D eigenvalue weighted by atomic mass is 16.4. The first-order chi connectivity index (χ1) is 10.2. The van der Waals surface area contributed by atoms with Gasteiger partial charge in [0.05, 0.1) is 5.92 Å². The van der Waals surface area contributed by atoms with E-state index in [-0.39, 0.29) is 12.5 Å². The largest absolute Gasteiger partial charge is 0.480 e. The molecular weight excluding hydrogens is 266 g/mol. The zero-order valence-corrected chi connectivity index (χ0v) is 11.5. The minimum Gasteiger partial charge on any atom is -0.480 e. The van der Waals surface area contributed by atoms with Gasteiger partial charge in [0.2, 0.25) is 5.91 Å². The molecular formula is C17H17NO3. The monoisotopic (exact) mass is 283 g/mol. The van der Waals surface area contributed by atoms with Gasteiger partial charge in [0.1, 0.15) is 6.54 Å². The molecule has 108 valence electrons. The first-order valence-electron chi connectivity index (χ1n) is 6.75. The fraction of sp³-hybridized carbons (Fsp3) is 0.176. The van der Waals surface area contributed by atoms with Gasteiger partial charge < -0.3 is 10.4 Å². The summed E-state index contributed by atoms with van der Waals surface area (Å²) in [5.41, 5.74) is 1.92. The Balaban J connectivity index is 2.18. The molecule has 0 aliphatic heterocycles. The SMILES string of the molecule is O=C(O)CNC(=O)C(Cc1ccccc1)c1ccccc1. The van der Waals surface area contributed by atoms with E-state index >= 15 is 0 Å². The van der Waals surface area contributed by atoms with Crippen LogP contribution in [0.5, 0.6) is 0 Å². The average Bonchev–Trinajstić information content (AvgIpc) is 2.52. The first kappa shape index (κ1) is 14.8. The van der Waals surface area contributed by atoms with Crippen molar-refractivity contribution >= 4 is 11.9 Å². The van der Waals surface area contributed by atoms with Crippen molar-refractivity contribution in [2.24, 2.45) is 0 Å². The van der Waals surface area contributed by atoms with E-state index in [0.29, 0.717) is 6.42 Å². The second-order valence-electron chi connectivity index (χ2n) is 4.76. The molecule has 21 heavy (non-hydrogen) atoms. The number of carbonyl (C=O) groups is 2. The smallest absolute Gasteiger partial charge is 0.322 e. The van der Waals surface area contributed by atoms with Gasteiger partial charge in [0, 0.05) is 0 Å². The predicted octanol–water partition coefficient (Wildman–Crippen LogP) is 2.21. The van der Waals surface area contributed by atoms with Gasteiger partial charge in [-0.05, 0) is 17.5 Å². The number of amides is 1. The summed E-state index contributed by atoms with van der Waals surface area (Å²) >= 11 is 0. The van der Waals surface area contributed by atoms with Crippen molar-refractivity contribution in [3.63, 3.8) is 0 Å². The van der Waals surface area contributed by atoms with Crippen molar-refractivity contribution in [2.45, 2.75) is 12.3 Å². The molecule has 0 heterocycles. The van der Waals surface area contributed by atoms with E-state index < -0.39 is 11.9 Å². The fourth-order valence-corrected chi connectivity index (χ4v) is 2.18. The lowest BCUT2D eigenvalue weighted by atomic mass is 9.91. The molecule has 0 radical (unpaired) electrons. The highest BCUT2D eigenvalue weighted by Gasteiger charge is 2.21. The van der Waals surface area contributed by atoms with Crippen molar-refractivity contribution in [3.8, 4) is 0 Å². The summed E-state index contributed by atoms with van der Waals surface area (Å²) in [6.45, 7) is -0.364. The number of benzene rings is 2. The maximum atomic E-state index is 12.3. The minimum absolute atomic E-state index is 0.271. The predicted molar refractivity (Wildman–Crippen MR) is 80.0 cm³/mol. The van der Waals surface area contributed by atoms with Crippen molar-refractivity contribution in [2.75, 3.05) is 6.54 Å². The molecule has 2 aromatic carbocycles.